The second kappa shape index (κ2) is 7.65. The second-order valence-corrected chi connectivity index (χ2v) is 6.75. The number of nitrogens with zero attached hydrogens (tertiary/aromatic N) is 2. The molecule has 1 aromatic carbocycles. The van der Waals surface area contributed by atoms with Crippen LogP contribution in [0.25, 0.3) is 0 Å². The Morgan fingerprint density at radius 2 is 1.73 bits per heavy atom. The number of carbonyl (C=O) groups is 3. The van der Waals surface area contributed by atoms with Gasteiger partial charge in [-0.15, -0.1) is 0 Å². The van der Waals surface area contributed by atoms with Gasteiger partial charge in [0.25, 0.3) is 11.8 Å². The fourth-order valence-electron chi connectivity index (χ4n) is 2.82. The van der Waals surface area contributed by atoms with Crippen LogP contribution in [-0.2, 0) is 16.1 Å². The fourth-order valence-corrected chi connectivity index (χ4v) is 3.58. The summed E-state index contributed by atoms with van der Waals surface area (Å²) in [5.74, 6) is -1.15. The van der Waals surface area contributed by atoms with Gasteiger partial charge in [0.05, 0.1) is 17.7 Å². The standard InChI is InChI=1S/C18H18N2O5S/c1-12-11-26-18(24)19(12)8-4-7-15(21)25-10-9-20-16(22)13-5-2-3-6-14(13)17(20)23/h2-3,5-6,11H,4,7-10H2,1H3. The SMILES string of the molecule is Cc1csc(=O)n1CCCC(=O)OCCN1C(=O)c2ccccc2C1=O. The van der Waals surface area contributed by atoms with E-state index in [4.69, 9.17) is 4.74 Å². The van der Waals surface area contributed by atoms with Crippen LogP contribution < -0.4 is 4.87 Å². The minimum Gasteiger partial charge on any atom is -0.464 e. The Hall–Kier alpha value is -2.74. The maximum atomic E-state index is 12.2. The number of benzene rings is 1. The largest absolute Gasteiger partial charge is 0.464 e. The number of amides is 2. The first-order valence-corrected chi connectivity index (χ1v) is 9.13. The molecule has 1 aliphatic rings. The van der Waals surface area contributed by atoms with Crippen molar-refractivity contribution in [3.63, 3.8) is 0 Å². The summed E-state index contributed by atoms with van der Waals surface area (Å²) in [7, 11) is 0. The summed E-state index contributed by atoms with van der Waals surface area (Å²) in [4.78, 5) is 48.8. The predicted octanol–water partition coefficient (Wildman–Crippen LogP) is 1.84. The quantitative estimate of drug-likeness (QED) is 0.545. The highest BCUT2D eigenvalue weighted by Crippen LogP contribution is 2.21. The third-order valence-electron chi connectivity index (χ3n) is 4.20. The number of ether oxygens (including phenoxy) is 1. The van der Waals surface area contributed by atoms with Crippen molar-refractivity contribution in [2.75, 3.05) is 13.2 Å². The van der Waals surface area contributed by atoms with Crippen LogP contribution in [0.3, 0.4) is 0 Å². The summed E-state index contributed by atoms with van der Waals surface area (Å²) in [5, 5.41) is 1.78. The zero-order valence-electron chi connectivity index (χ0n) is 14.3. The Labute approximate surface area is 153 Å². The van der Waals surface area contributed by atoms with Crippen LogP contribution in [0.15, 0.2) is 34.4 Å². The van der Waals surface area contributed by atoms with Crippen molar-refractivity contribution in [3.8, 4) is 0 Å². The van der Waals surface area contributed by atoms with Crippen LogP contribution in [0.4, 0.5) is 0 Å². The van der Waals surface area contributed by atoms with Crippen LogP contribution >= 0.6 is 11.3 Å². The van der Waals surface area contributed by atoms with Crippen molar-refractivity contribution >= 4 is 29.1 Å². The molecule has 0 fully saturated rings. The minimum absolute atomic E-state index is 0.0290. The summed E-state index contributed by atoms with van der Waals surface area (Å²) >= 11 is 1.13. The Morgan fingerprint density at radius 3 is 2.31 bits per heavy atom. The third-order valence-corrected chi connectivity index (χ3v) is 5.08. The van der Waals surface area contributed by atoms with E-state index in [1.165, 1.54) is 0 Å². The number of rotatable bonds is 7. The van der Waals surface area contributed by atoms with Gasteiger partial charge in [0, 0.05) is 24.0 Å². The monoisotopic (exact) mass is 374 g/mol. The summed E-state index contributed by atoms with van der Waals surface area (Å²) in [5.41, 5.74) is 1.62. The first-order valence-electron chi connectivity index (χ1n) is 8.25. The molecule has 0 aliphatic carbocycles. The number of thiazole rings is 1. The molecule has 3 rings (SSSR count). The molecule has 1 aromatic heterocycles. The highest BCUT2D eigenvalue weighted by Gasteiger charge is 2.34. The molecule has 0 N–H and O–H groups in total. The van der Waals surface area contributed by atoms with Crippen LogP contribution in [0.2, 0.25) is 0 Å². The second-order valence-electron chi connectivity index (χ2n) is 5.93. The van der Waals surface area contributed by atoms with Gasteiger partial charge in [-0.25, -0.2) is 0 Å². The van der Waals surface area contributed by atoms with E-state index in [0.29, 0.717) is 24.1 Å². The van der Waals surface area contributed by atoms with E-state index in [1.54, 1.807) is 34.2 Å². The number of hydrogen-bond acceptors (Lipinski definition) is 6. The highest BCUT2D eigenvalue weighted by atomic mass is 32.1. The van der Waals surface area contributed by atoms with Gasteiger partial charge in [-0.1, -0.05) is 23.5 Å². The first kappa shape index (κ1) is 18.1. The number of hydrogen-bond donors (Lipinski definition) is 0. The topological polar surface area (TPSA) is 85.7 Å². The van der Waals surface area contributed by atoms with Gasteiger partial charge in [0.15, 0.2) is 0 Å². The van der Waals surface area contributed by atoms with Crippen LogP contribution in [0.5, 0.6) is 0 Å². The molecule has 0 saturated heterocycles. The molecule has 2 aromatic rings. The summed E-state index contributed by atoms with van der Waals surface area (Å²) < 4.78 is 6.73. The Kier molecular flexibility index (Phi) is 5.32. The molecule has 26 heavy (non-hydrogen) atoms. The lowest BCUT2D eigenvalue weighted by Gasteiger charge is -2.13. The van der Waals surface area contributed by atoms with Crippen molar-refractivity contribution in [1.29, 1.82) is 0 Å². The predicted molar refractivity (Wildman–Crippen MR) is 95.3 cm³/mol. The van der Waals surface area contributed by atoms with Gasteiger partial charge in [-0.05, 0) is 25.5 Å². The molecule has 2 heterocycles. The van der Waals surface area contributed by atoms with Crippen molar-refractivity contribution in [2.24, 2.45) is 0 Å². The van der Waals surface area contributed by atoms with Gasteiger partial charge in [0.1, 0.15) is 6.61 Å². The average molecular weight is 374 g/mol. The van der Waals surface area contributed by atoms with E-state index in [-0.39, 0.29) is 36.3 Å². The van der Waals surface area contributed by atoms with E-state index in [2.05, 4.69) is 0 Å². The van der Waals surface area contributed by atoms with E-state index in [1.807, 2.05) is 6.92 Å². The fraction of sp³-hybridized carbons (Fsp3) is 0.333. The third kappa shape index (κ3) is 3.60. The Bertz CT molecular complexity index is 879. The lowest BCUT2D eigenvalue weighted by molar-refractivity contribution is -0.144. The molecule has 2 amide bonds. The molecule has 1 aliphatic heterocycles. The molecule has 136 valence electrons. The average Bonchev–Trinajstić information content (AvgIpc) is 3.07. The van der Waals surface area contributed by atoms with E-state index in [9.17, 15) is 19.2 Å². The van der Waals surface area contributed by atoms with Gasteiger partial charge in [0.2, 0.25) is 0 Å². The van der Waals surface area contributed by atoms with Crippen molar-refractivity contribution in [1.82, 2.24) is 9.47 Å². The molecule has 0 saturated carbocycles. The zero-order chi connectivity index (χ0) is 18.7. The molecular weight excluding hydrogens is 356 g/mol. The Balaban J connectivity index is 1.43. The minimum atomic E-state index is -0.414. The van der Waals surface area contributed by atoms with Gasteiger partial charge in [-0.3, -0.25) is 24.1 Å². The number of aromatic nitrogens is 1. The smallest absolute Gasteiger partial charge is 0.307 e. The lowest BCUT2D eigenvalue weighted by atomic mass is 10.1. The molecule has 0 unspecified atom stereocenters. The summed E-state index contributed by atoms with van der Waals surface area (Å²) in [6.45, 7) is 2.29. The molecule has 8 heteroatoms. The van der Waals surface area contributed by atoms with E-state index < -0.39 is 5.97 Å². The van der Waals surface area contributed by atoms with Gasteiger partial charge >= 0.3 is 10.8 Å². The van der Waals surface area contributed by atoms with Crippen molar-refractivity contribution in [2.45, 2.75) is 26.3 Å². The molecule has 0 spiro atoms. The first-order chi connectivity index (χ1) is 12.5. The molecule has 7 nitrogen and oxygen atoms in total. The van der Waals surface area contributed by atoms with Crippen LogP contribution in [0, 0.1) is 6.92 Å². The number of carbonyl (C=O) groups excluding carboxylic acids is 3. The van der Waals surface area contributed by atoms with Crippen LogP contribution in [0.1, 0.15) is 39.3 Å². The summed E-state index contributed by atoms with van der Waals surface area (Å²) in [6, 6.07) is 6.62. The zero-order valence-corrected chi connectivity index (χ0v) is 15.1. The van der Waals surface area contributed by atoms with Gasteiger partial charge in [-0.2, -0.15) is 0 Å². The maximum absolute atomic E-state index is 12.2. The molecule has 0 radical (unpaired) electrons. The summed E-state index contributed by atoms with van der Waals surface area (Å²) in [6.07, 6.45) is 0.660. The molecule has 0 bridgehead atoms. The number of fused-ring (bicyclic) bond motifs is 1. The van der Waals surface area contributed by atoms with Crippen molar-refractivity contribution in [3.05, 3.63) is 56.1 Å². The number of esters is 1. The Morgan fingerprint density at radius 1 is 1.08 bits per heavy atom. The van der Waals surface area contributed by atoms with E-state index >= 15 is 0 Å². The number of imide groups is 1. The van der Waals surface area contributed by atoms with Crippen molar-refractivity contribution < 1.29 is 19.1 Å². The van der Waals surface area contributed by atoms with Gasteiger partial charge < -0.3 is 9.30 Å². The van der Waals surface area contributed by atoms with E-state index in [0.717, 1.165) is 21.9 Å². The highest BCUT2D eigenvalue weighted by molar-refractivity contribution is 7.07. The lowest BCUT2D eigenvalue weighted by Crippen LogP contribution is -2.33. The normalized spacial score (nSPS) is 13.2. The maximum Gasteiger partial charge on any atom is 0.307 e. The molecular formula is C18H18N2O5S. The number of aryl methyl sites for hydroxylation is 1. The van der Waals surface area contributed by atoms with Crippen LogP contribution in [-0.4, -0.2) is 40.4 Å². The molecule has 0 atom stereocenters.